The molecule has 1 aromatic rings. The average Bonchev–Trinajstić information content (AvgIpc) is 3.04. The van der Waals surface area contributed by atoms with Crippen LogP contribution in [-0.2, 0) is 6.54 Å². The van der Waals surface area contributed by atoms with Crippen LogP contribution in [0, 0.1) is 18.8 Å². The van der Waals surface area contributed by atoms with Crippen LogP contribution in [0.3, 0.4) is 0 Å². The van der Waals surface area contributed by atoms with Gasteiger partial charge in [0.15, 0.2) is 0 Å². The number of aromatic amines is 1. The molecule has 0 amide bonds. The smallest absolute Gasteiger partial charge is 0.297 e. The fraction of sp³-hybridized carbons (Fsp3) is 0.636. The van der Waals surface area contributed by atoms with Gasteiger partial charge in [0.1, 0.15) is 5.15 Å². The monoisotopic (exact) mass is 242 g/mol. The van der Waals surface area contributed by atoms with E-state index in [0.29, 0.717) is 23.9 Å². The normalized spacial score (nSPS) is 17.4. The lowest BCUT2D eigenvalue weighted by Crippen LogP contribution is -2.38. The largest absolute Gasteiger partial charge is 0.329 e. The van der Waals surface area contributed by atoms with Crippen LogP contribution in [0.25, 0.3) is 0 Å². The minimum atomic E-state index is -0.409. The van der Waals surface area contributed by atoms with Crippen molar-refractivity contribution in [3.05, 3.63) is 31.6 Å². The van der Waals surface area contributed by atoms with Crippen molar-refractivity contribution in [3.63, 3.8) is 0 Å². The van der Waals surface area contributed by atoms with E-state index in [1.807, 2.05) is 0 Å². The molecule has 0 aliphatic heterocycles. The first-order valence-electron chi connectivity index (χ1n) is 5.50. The van der Waals surface area contributed by atoms with Gasteiger partial charge in [0.2, 0.25) is 0 Å². The molecule has 1 saturated carbocycles. The predicted molar refractivity (Wildman–Crippen MR) is 63.0 cm³/mol. The van der Waals surface area contributed by atoms with E-state index in [0.717, 1.165) is 0 Å². The molecular weight excluding hydrogens is 228 g/mol. The molecule has 0 saturated heterocycles. The molecule has 1 aliphatic rings. The lowest BCUT2D eigenvalue weighted by Gasteiger charge is -2.12. The van der Waals surface area contributed by atoms with Gasteiger partial charge in [-0.25, -0.2) is 4.79 Å². The number of hydrogen-bond acceptors (Lipinski definition) is 2. The van der Waals surface area contributed by atoms with Crippen LogP contribution in [0.4, 0.5) is 0 Å². The Labute approximate surface area is 98.3 Å². The van der Waals surface area contributed by atoms with Crippen LogP contribution < -0.4 is 11.2 Å². The first-order chi connectivity index (χ1) is 7.50. The van der Waals surface area contributed by atoms with Gasteiger partial charge in [-0.1, -0.05) is 18.5 Å². The van der Waals surface area contributed by atoms with Crippen molar-refractivity contribution in [3.8, 4) is 0 Å². The molecule has 4 nitrogen and oxygen atoms in total. The number of aromatic nitrogens is 2. The molecule has 1 heterocycles. The van der Waals surface area contributed by atoms with E-state index in [1.54, 1.807) is 6.92 Å². The molecule has 0 radical (unpaired) electrons. The summed E-state index contributed by atoms with van der Waals surface area (Å²) in [6, 6.07) is 0. The fourth-order valence-corrected chi connectivity index (χ4v) is 2.07. The summed E-state index contributed by atoms with van der Waals surface area (Å²) in [5.41, 5.74) is -0.279. The molecule has 5 heteroatoms. The van der Waals surface area contributed by atoms with Crippen molar-refractivity contribution in [1.29, 1.82) is 0 Å². The first-order valence-corrected chi connectivity index (χ1v) is 5.87. The third kappa shape index (κ3) is 2.07. The maximum Gasteiger partial charge on any atom is 0.329 e. The molecule has 1 aliphatic carbocycles. The molecule has 1 N–H and O–H groups in total. The molecule has 1 fully saturated rings. The van der Waals surface area contributed by atoms with Crippen molar-refractivity contribution in [2.75, 3.05) is 0 Å². The zero-order chi connectivity index (χ0) is 11.9. The van der Waals surface area contributed by atoms with Crippen LogP contribution in [-0.4, -0.2) is 9.55 Å². The molecule has 16 heavy (non-hydrogen) atoms. The number of nitrogens with zero attached hydrogens (tertiary/aromatic N) is 1. The Morgan fingerprint density at radius 3 is 2.69 bits per heavy atom. The third-order valence-electron chi connectivity index (χ3n) is 3.25. The summed E-state index contributed by atoms with van der Waals surface area (Å²) in [6.45, 7) is 4.18. The van der Waals surface area contributed by atoms with E-state index in [4.69, 9.17) is 11.6 Å². The summed E-state index contributed by atoms with van der Waals surface area (Å²) in [7, 11) is 0. The molecule has 1 atom stereocenters. The fourth-order valence-electron chi connectivity index (χ4n) is 1.91. The summed E-state index contributed by atoms with van der Waals surface area (Å²) >= 11 is 5.73. The number of rotatable bonds is 3. The highest BCUT2D eigenvalue weighted by Gasteiger charge is 2.28. The van der Waals surface area contributed by atoms with Gasteiger partial charge in [0.25, 0.3) is 5.56 Å². The molecule has 0 spiro atoms. The number of nitrogens with one attached hydrogen (secondary N) is 1. The number of halogens is 1. The van der Waals surface area contributed by atoms with E-state index in [-0.39, 0.29) is 10.7 Å². The van der Waals surface area contributed by atoms with Crippen LogP contribution >= 0.6 is 11.6 Å². The Morgan fingerprint density at radius 2 is 2.12 bits per heavy atom. The first kappa shape index (κ1) is 11.5. The van der Waals surface area contributed by atoms with Crippen molar-refractivity contribution < 1.29 is 0 Å². The van der Waals surface area contributed by atoms with Crippen LogP contribution in [0.15, 0.2) is 9.59 Å². The third-order valence-corrected chi connectivity index (χ3v) is 3.63. The van der Waals surface area contributed by atoms with Gasteiger partial charge >= 0.3 is 5.69 Å². The van der Waals surface area contributed by atoms with Gasteiger partial charge in [-0.2, -0.15) is 0 Å². The van der Waals surface area contributed by atoms with E-state index in [1.165, 1.54) is 17.4 Å². The second-order valence-corrected chi connectivity index (χ2v) is 4.98. The molecule has 0 aromatic carbocycles. The molecule has 88 valence electrons. The van der Waals surface area contributed by atoms with Gasteiger partial charge in [-0.15, -0.1) is 0 Å². The summed E-state index contributed by atoms with van der Waals surface area (Å²) in [5.74, 6) is 1.04. The number of hydrogen-bond donors (Lipinski definition) is 1. The average molecular weight is 243 g/mol. The maximum absolute atomic E-state index is 11.8. The van der Waals surface area contributed by atoms with Gasteiger partial charge in [-0.05, 0) is 31.6 Å². The SMILES string of the molecule is Cc1c(Cl)[nH]c(=O)n(CC(C)C2CC2)c1=O. The highest BCUT2D eigenvalue weighted by atomic mass is 35.5. The van der Waals surface area contributed by atoms with Gasteiger partial charge in [0, 0.05) is 12.1 Å². The lowest BCUT2D eigenvalue weighted by molar-refractivity contribution is 0.411. The Morgan fingerprint density at radius 1 is 1.50 bits per heavy atom. The van der Waals surface area contributed by atoms with Gasteiger partial charge in [-0.3, -0.25) is 14.3 Å². The second kappa shape index (κ2) is 4.09. The van der Waals surface area contributed by atoms with Crippen LogP contribution in [0.2, 0.25) is 5.15 Å². The maximum atomic E-state index is 11.8. The minimum absolute atomic E-state index is 0.144. The van der Waals surface area contributed by atoms with E-state index in [2.05, 4.69) is 11.9 Å². The Balaban J connectivity index is 2.36. The van der Waals surface area contributed by atoms with Crippen molar-refractivity contribution in [2.45, 2.75) is 33.2 Å². The standard InChI is InChI=1S/C11H15ClN2O2/c1-6(8-3-4-8)5-14-10(15)7(2)9(12)13-11(14)16/h6,8H,3-5H2,1-2H3,(H,13,16). The molecular formula is C11H15ClN2O2. The highest BCUT2D eigenvalue weighted by molar-refractivity contribution is 6.30. The Hall–Kier alpha value is -1.03. The Kier molecular flexibility index (Phi) is 2.93. The molecule has 1 unspecified atom stereocenters. The van der Waals surface area contributed by atoms with E-state index >= 15 is 0 Å². The predicted octanol–water partition coefficient (Wildman–Crippen LogP) is 1.54. The lowest BCUT2D eigenvalue weighted by atomic mass is 10.1. The highest BCUT2D eigenvalue weighted by Crippen LogP contribution is 2.36. The van der Waals surface area contributed by atoms with Crippen molar-refractivity contribution in [1.82, 2.24) is 9.55 Å². The summed E-state index contributed by atoms with van der Waals surface area (Å²) in [6.07, 6.45) is 2.42. The van der Waals surface area contributed by atoms with Crippen molar-refractivity contribution in [2.24, 2.45) is 11.8 Å². The molecule has 1 aromatic heterocycles. The Bertz CT molecular complexity index is 514. The van der Waals surface area contributed by atoms with Crippen LogP contribution in [0.5, 0.6) is 0 Å². The second-order valence-electron chi connectivity index (χ2n) is 4.60. The van der Waals surface area contributed by atoms with Crippen molar-refractivity contribution >= 4 is 11.6 Å². The zero-order valence-electron chi connectivity index (χ0n) is 9.42. The number of H-pyrrole nitrogens is 1. The summed E-state index contributed by atoms with van der Waals surface area (Å²) in [4.78, 5) is 25.9. The van der Waals surface area contributed by atoms with Gasteiger partial charge in [0.05, 0.1) is 0 Å². The minimum Gasteiger partial charge on any atom is -0.297 e. The topological polar surface area (TPSA) is 54.9 Å². The molecule has 0 bridgehead atoms. The van der Waals surface area contributed by atoms with Gasteiger partial charge < -0.3 is 0 Å². The summed E-state index contributed by atoms with van der Waals surface area (Å²) < 4.78 is 1.25. The van der Waals surface area contributed by atoms with E-state index in [9.17, 15) is 9.59 Å². The van der Waals surface area contributed by atoms with E-state index < -0.39 is 5.69 Å². The summed E-state index contributed by atoms with van der Waals surface area (Å²) in [5, 5.41) is 0.144. The molecule has 2 rings (SSSR count). The quantitative estimate of drug-likeness (QED) is 0.818. The van der Waals surface area contributed by atoms with Crippen LogP contribution in [0.1, 0.15) is 25.3 Å². The zero-order valence-corrected chi connectivity index (χ0v) is 10.2.